The third kappa shape index (κ3) is 2.76. The molecule has 2 aromatic heterocycles. The summed E-state index contributed by atoms with van der Waals surface area (Å²) < 4.78 is 0. The van der Waals surface area contributed by atoms with Gasteiger partial charge in [0.15, 0.2) is 5.13 Å². The predicted octanol–water partition coefficient (Wildman–Crippen LogP) is 2.96. The topological polar surface area (TPSA) is 80.9 Å². The molecule has 2 heterocycles. The summed E-state index contributed by atoms with van der Waals surface area (Å²) in [5.41, 5.74) is 7.91. The number of carbonyl (C=O) groups excluding carboxylic acids is 1. The first kappa shape index (κ1) is 13.7. The molecule has 3 rings (SSSR count). The Balaban J connectivity index is 1.90. The van der Waals surface area contributed by atoms with Crippen LogP contribution in [0.2, 0.25) is 0 Å². The molecule has 0 aliphatic heterocycles. The summed E-state index contributed by atoms with van der Waals surface area (Å²) in [7, 11) is 0. The first-order valence-electron chi connectivity index (χ1n) is 6.51. The third-order valence-electron chi connectivity index (χ3n) is 3.10. The van der Waals surface area contributed by atoms with E-state index in [-0.39, 0.29) is 11.9 Å². The van der Waals surface area contributed by atoms with Crippen LogP contribution in [0.4, 0.5) is 5.13 Å². The highest BCUT2D eigenvalue weighted by Gasteiger charge is 2.13. The van der Waals surface area contributed by atoms with Gasteiger partial charge in [-0.3, -0.25) is 15.1 Å². The van der Waals surface area contributed by atoms with Gasteiger partial charge in [-0.2, -0.15) is 0 Å². The predicted molar refractivity (Wildman–Crippen MR) is 84.4 cm³/mol. The number of nitrogens with two attached hydrogens (primary N) is 1. The lowest BCUT2D eigenvalue weighted by atomic mass is 10.1. The van der Waals surface area contributed by atoms with Crippen molar-refractivity contribution in [3.8, 4) is 0 Å². The standard InChI is InChI=1S/C15H14N4OS/c1-9(16)13-8-21-15(18-13)19-14(20)11-4-2-6-12-10(11)5-3-7-17-12/h2-9H,16H2,1H3,(H,18,19,20). The largest absolute Gasteiger partial charge is 0.323 e. The van der Waals surface area contributed by atoms with Crippen LogP contribution >= 0.6 is 11.3 Å². The van der Waals surface area contributed by atoms with Crippen molar-refractivity contribution in [2.75, 3.05) is 5.32 Å². The molecule has 3 N–H and O–H groups in total. The third-order valence-corrected chi connectivity index (χ3v) is 3.88. The molecule has 0 bridgehead atoms. The Labute approximate surface area is 125 Å². The average Bonchev–Trinajstić information content (AvgIpc) is 2.95. The van der Waals surface area contributed by atoms with E-state index in [9.17, 15) is 4.79 Å². The van der Waals surface area contributed by atoms with E-state index in [0.29, 0.717) is 10.7 Å². The summed E-state index contributed by atoms with van der Waals surface area (Å²) in [5, 5.41) is 6.03. The fourth-order valence-corrected chi connectivity index (χ4v) is 2.83. The van der Waals surface area contributed by atoms with Crippen LogP contribution in [0.1, 0.15) is 29.0 Å². The summed E-state index contributed by atoms with van der Waals surface area (Å²) in [6.07, 6.45) is 1.71. The first-order chi connectivity index (χ1) is 10.1. The highest BCUT2D eigenvalue weighted by Crippen LogP contribution is 2.22. The lowest BCUT2D eigenvalue weighted by molar-refractivity contribution is 0.102. The van der Waals surface area contributed by atoms with Crippen molar-refractivity contribution in [1.82, 2.24) is 9.97 Å². The van der Waals surface area contributed by atoms with Crippen molar-refractivity contribution in [3.05, 3.63) is 53.2 Å². The SMILES string of the molecule is CC(N)c1csc(NC(=O)c2cccc3ncccc23)n1. The summed E-state index contributed by atoms with van der Waals surface area (Å²) in [4.78, 5) is 21.0. The zero-order chi connectivity index (χ0) is 14.8. The van der Waals surface area contributed by atoms with Crippen LogP contribution < -0.4 is 11.1 Å². The van der Waals surface area contributed by atoms with Crippen LogP contribution in [0.15, 0.2) is 41.9 Å². The van der Waals surface area contributed by atoms with Crippen LogP contribution in [-0.4, -0.2) is 15.9 Å². The van der Waals surface area contributed by atoms with Crippen molar-refractivity contribution in [2.24, 2.45) is 5.73 Å². The minimum Gasteiger partial charge on any atom is -0.323 e. The Kier molecular flexibility index (Phi) is 3.64. The van der Waals surface area contributed by atoms with Crippen molar-refractivity contribution >= 4 is 33.3 Å². The van der Waals surface area contributed by atoms with Crippen molar-refractivity contribution in [2.45, 2.75) is 13.0 Å². The zero-order valence-electron chi connectivity index (χ0n) is 11.4. The van der Waals surface area contributed by atoms with E-state index in [1.807, 2.05) is 36.6 Å². The van der Waals surface area contributed by atoms with E-state index in [4.69, 9.17) is 5.73 Å². The van der Waals surface area contributed by atoms with E-state index in [1.165, 1.54) is 11.3 Å². The summed E-state index contributed by atoms with van der Waals surface area (Å²) in [6.45, 7) is 1.86. The molecule has 0 aliphatic carbocycles. The quantitative estimate of drug-likeness (QED) is 0.779. The van der Waals surface area contributed by atoms with Gasteiger partial charge in [0.2, 0.25) is 0 Å². The van der Waals surface area contributed by atoms with Gasteiger partial charge in [-0.05, 0) is 25.1 Å². The molecule has 6 heteroatoms. The van der Waals surface area contributed by atoms with E-state index in [1.54, 1.807) is 12.3 Å². The molecule has 1 unspecified atom stereocenters. The minimum absolute atomic E-state index is 0.145. The minimum atomic E-state index is -0.195. The van der Waals surface area contributed by atoms with Gasteiger partial charge in [-0.1, -0.05) is 12.1 Å². The monoisotopic (exact) mass is 298 g/mol. The van der Waals surface area contributed by atoms with Gasteiger partial charge in [0, 0.05) is 28.6 Å². The highest BCUT2D eigenvalue weighted by atomic mass is 32.1. The number of thiazole rings is 1. The maximum absolute atomic E-state index is 12.4. The molecule has 106 valence electrons. The van der Waals surface area contributed by atoms with Crippen molar-refractivity contribution in [1.29, 1.82) is 0 Å². The number of nitrogens with zero attached hydrogens (tertiary/aromatic N) is 2. The lowest BCUT2D eigenvalue weighted by Crippen LogP contribution is -2.13. The Morgan fingerprint density at radius 2 is 2.19 bits per heavy atom. The molecular weight excluding hydrogens is 284 g/mol. The molecule has 3 aromatic rings. The second kappa shape index (κ2) is 5.59. The summed E-state index contributed by atoms with van der Waals surface area (Å²) in [5.74, 6) is -0.195. The summed E-state index contributed by atoms with van der Waals surface area (Å²) >= 11 is 1.37. The molecule has 1 amide bonds. The molecule has 0 saturated heterocycles. The second-order valence-corrected chi connectivity index (χ2v) is 5.55. The van der Waals surface area contributed by atoms with Gasteiger partial charge in [0.05, 0.1) is 11.2 Å². The van der Waals surface area contributed by atoms with Gasteiger partial charge < -0.3 is 5.73 Å². The smallest absolute Gasteiger partial charge is 0.258 e. The molecule has 1 aromatic carbocycles. The molecule has 21 heavy (non-hydrogen) atoms. The van der Waals surface area contributed by atoms with Gasteiger partial charge in [-0.15, -0.1) is 11.3 Å². The van der Waals surface area contributed by atoms with Gasteiger partial charge in [-0.25, -0.2) is 4.98 Å². The van der Waals surface area contributed by atoms with E-state index >= 15 is 0 Å². The van der Waals surface area contributed by atoms with Gasteiger partial charge in [0.1, 0.15) is 0 Å². The van der Waals surface area contributed by atoms with E-state index in [0.717, 1.165) is 16.6 Å². The Morgan fingerprint density at radius 3 is 2.95 bits per heavy atom. The molecule has 0 spiro atoms. The molecule has 0 aliphatic rings. The number of amides is 1. The van der Waals surface area contributed by atoms with Crippen LogP contribution in [0.3, 0.4) is 0 Å². The van der Waals surface area contributed by atoms with Gasteiger partial charge in [0.25, 0.3) is 5.91 Å². The van der Waals surface area contributed by atoms with Crippen molar-refractivity contribution in [3.63, 3.8) is 0 Å². The zero-order valence-corrected chi connectivity index (χ0v) is 12.2. The van der Waals surface area contributed by atoms with Crippen LogP contribution in [0, 0.1) is 0 Å². The number of anilines is 1. The molecule has 5 nitrogen and oxygen atoms in total. The molecule has 0 saturated carbocycles. The van der Waals surface area contributed by atoms with Crippen molar-refractivity contribution < 1.29 is 4.79 Å². The number of fused-ring (bicyclic) bond motifs is 1. The summed E-state index contributed by atoms with van der Waals surface area (Å²) in [6, 6.07) is 9.03. The molecular formula is C15H14N4OS. The number of rotatable bonds is 3. The Morgan fingerprint density at radius 1 is 1.33 bits per heavy atom. The van der Waals surface area contributed by atoms with E-state index < -0.39 is 0 Å². The maximum atomic E-state index is 12.4. The normalized spacial score (nSPS) is 12.3. The Bertz CT molecular complexity index is 792. The lowest BCUT2D eigenvalue weighted by Gasteiger charge is -2.05. The number of benzene rings is 1. The first-order valence-corrected chi connectivity index (χ1v) is 7.39. The van der Waals surface area contributed by atoms with E-state index in [2.05, 4.69) is 15.3 Å². The Hall–Kier alpha value is -2.31. The van der Waals surface area contributed by atoms with Crippen LogP contribution in [0.25, 0.3) is 10.9 Å². The highest BCUT2D eigenvalue weighted by molar-refractivity contribution is 7.14. The van der Waals surface area contributed by atoms with Crippen LogP contribution in [-0.2, 0) is 0 Å². The fourth-order valence-electron chi connectivity index (χ4n) is 2.02. The van der Waals surface area contributed by atoms with Gasteiger partial charge >= 0.3 is 0 Å². The fraction of sp³-hybridized carbons (Fsp3) is 0.133. The van der Waals surface area contributed by atoms with Crippen LogP contribution in [0.5, 0.6) is 0 Å². The molecule has 0 fully saturated rings. The average molecular weight is 298 g/mol. The molecule has 1 atom stereocenters. The number of carbonyl (C=O) groups is 1. The maximum Gasteiger partial charge on any atom is 0.258 e. The second-order valence-electron chi connectivity index (χ2n) is 4.70. The molecule has 0 radical (unpaired) electrons. The number of aromatic nitrogens is 2. The number of pyridine rings is 1. The number of hydrogen-bond donors (Lipinski definition) is 2. The number of hydrogen-bond acceptors (Lipinski definition) is 5. The number of nitrogens with one attached hydrogen (secondary N) is 1.